The van der Waals surface area contributed by atoms with E-state index in [1.807, 2.05) is 33.2 Å². The number of nitrogens with zero attached hydrogens (tertiary/aromatic N) is 2. The van der Waals surface area contributed by atoms with Crippen molar-refractivity contribution >= 4 is 32.9 Å². The molecule has 1 aromatic heterocycles. The van der Waals surface area contributed by atoms with Crippen molar-refractivity contribution in [1.82, 2.24) is 9.78 Å². The van der Waals surface area contributed by atoms with E-state index in [1.165, 1.54) is 0 Å². The van der Waals surface area contributed by atoms with Gasteiger partial charge in [0.1, 0.15) is 0 Å². The van der Waals surface area contributed by atoms with E-state index in [2.05, 4.69) is 15.1 Å². The molecule has 1 aromatic carbocycles. The number of allylic oxidation sites excluding steroid dienone is 1. The van der Waals surface area contributed by atoms with Crippen LogP contribution in [0.2, 0.25) is 0 Å². The summed E-state index contributed by atoms with van der Waals surface area (Å²) in [5.41, 5.74) is 4.86. The van der Waals surface area contributed by atoms with Gasteiger partial charge in [0.15, 0.2) is 0 Å². The Kier molecular flexibility index (Phi) is 4.98. The highest BCUT2D eigenvalue weighted by atomic mass is 32.2. The van der Waals surface area contributed by atoms with E-state index in [1.54, 1.807) is 16.9 Å². The van der Waals surface area contributed by atoms with Crippen LogP contribution < -0.4 is 10.0 Å². The van der Waals surface area contributed by atoms with Crippen molar-refractivity contribution in [1.29, 1.82) is 0 Å². The number of rotatable bonds is 4. The number of anilines is 2. The first-order valence-electron chi connectivity index (χ1n) is 9.94. The largest absolute Gasteiger partial charge is 0.321 e. The van der Waals surface area contributed by atoms with E-state index in [0.717, 1.165) is 36.0 Å². The van der Waals surface area contributed by atoms with Gasteiger partial charge in [-0.3, -0.25) is 14.2 Å². The van der Waals surface area contributed by atoms with Crippen molar-refractivity contribution in [3.63, 3.8) is 0 Å². The highest BCUT2D eigenvalue weighted by Gasteiger charge is 2.31. The second-order valence-corrected chi connectivity index (χ2v) is 10.0. The Morgan fingerprint density at radius 2 is 1.90 bits per heavy atom. The number of fused-ring (bicyclic) bond motifs is 1. The van der Waals surface area contributed by atoms with E-state index in [4.69, 9.17) is 0 Å². The third-order valence-electron chi connectivity index (χ3n) is 5.66. The summed E-state index contributed by atoms with van der Waals surface area (Å²) in [5, 5.41) is 6.73. The topological polar surface area (TPSA) is 93.1 Å². The predicted octanol–water partition coefficient (Wildman–Crippen LogP) is 3.91. The zero-order valence-corrected chi connectivity index (χ0v) is 17.8. The third kappa shape index (κ3) is 3.69. The van der Waals surface area contributed by atoms with Crippen LogP contribution in [0.3, 0.4) is 0 Å². The first kappa shape index (κ1) is 19.7. The van der Waals surface area contributed by atoms with E-state index in [-0.39, 0.29) is 11.2 Å². The van der Waals surface area contributed by atoms with Crippen LogP contribution >= 0.6 is 0 Å². The van der Waals surface area contributed by atoms with Gasteiger partial charge in [-0.1, -0.05) is 24.8 Å². The summed E-state index contributed by atoms with van der Waals surface area (Å²) in [6, 6.07) is 3.61. The lowest BCUT2D eigenvalue weighted by atomic mass is 9.98. The van der Waals surface area contributed by atoms with Gasteiger partial charge < -0.3 is 5.32 Å². The number of benzene rings is 1. The van der Waals surface area contributed by atoms with Crippen molar-refractivity contribution in [3.05, 3.63) is 35.7 Å². The maximum atomic E-state index is 13.1. The quantitative estimate of drug-likeness (QED) is 0.742. The van der Waals surface area contributed by atoms with Crippen molar-refractivity contribution in [3.8, 4) is 11.1 Å². The van der Waals surface area contributed by atoms with E-state index < -0.39 is 10.0 Å². The molecule has 1 amide bonds. The van der Waals surface area contributed by atoms with Crippen molar-refractivity contribution in [2.75, 3.05) is 10.0 Å². The first-order chi connectivity index (χ1) is 13.8. The minimum Gasteiger partial charge on any atom is -0.321 e. The molecule has 2 aliphatic rings. The molecule has 154 valence electrons. The van der Waals surface area contributed by atoms with Gasteiger partial charge in [-0.15, -0.1) is 0 Å². The third-order valence-corrected chi connectivity index (χ3v) is 7.51. The smallest absolute Gasteiger partial charge is 0.256 e. The summed E-state index contributed by atoms with van der Waals surface area (Å²) in [6.07, 6.45) is 7.85. The van der Waals surface area contributed by atoms with Crippen LogP contribution in [0, 0.1) is 0 Å². The van der Waals surface area contributed by atoms with E-state index in [9.17, 15) is 13.2 Å². The molecule has 1 aliphatic carbocycles. The predicted molar refractivity (Wildman–Crippen MR) is 115 cm³/mol. The molecule has 4 rings (SSSR count). The second-order valence-electron chi connectivity index (χ2n) is 8.08. The number of aryl methyl sites for hydroxylation is 1. The zero-order valence-electron chi connectivity index (χ0n) is 16.9. The van der Waals surface area contributed by atoms with Gasteiger partial charge in [0.25, 0.3) is 5.91 Å². The van der Waals surface area contributed by atoms with Gasteiger partial charge in [-0.2, -0.15) is 5.10 Å². The fourth-order valence-corrected chi connectivity index (χ4v) is 5.81. The Hall–Kier alpha value is -2.61. The number of sulfonamides is 1. The number of hydrogen-bond acceptors (Lipinski definition) is 4. The standard InChI is InChI=1S/C21H26N4O3S/c1-13(2)20-17-10-19(24-29(27,28)15-7-5-4-6-8-15)16(9-18(17)23-21(20)26)14-11-22-25(3)12-14/h9-12,15,24H,4-8H2,1-3H3,(H,23,26). The molecule has 2 N–H and O–H groups in total. The van der Waals surface area contributed by atoms with E-state index in [0.29, 0.717) is 35.4 Å². The van der Waals surface area contributed by atoms with Gasteiger partial charge in [0, 0.05) is 41.2 Å². The lowest BCUT2D eigenvalue weighted by Crippen LogP contribution is -2.29. The average molecular weight is 415 g/mol. The lowest BCUT2D eigenvalue weighted by Gasteiger charge is -2.23. The molecule has 0 unspecified atom stereocenters. The molecule has 0 spiro atoms. The second kappa shape index (κ2) is 7.33. The maximum absolute atomic E-state index is 13.1. The number of hydrogen-bond donors (Lipinski definition) is 2. The molecule has 2 aromatic rings. The Morgan fingerprint density at radius 1 is 1.17 bits per heavy atom. The number of carbonyl (C=O) groups excluding carboxylic acids is 1. The first-order valence-corrected chi connectivity index (χ1v) is 11.5. The monoisotopic (exact) mass is 414 g/mol. The molecule has 0 atom stereocenters. The molecule has 0 saturated heterocycles. The van der Waals surface area contributed by atoms with Crippen molar-refractivity contribution < 1.29 is 13.2 Å². The van der Waals surface area contributed by atoms with Crippen LogP contribution in [-0.2, 0) is 21.9 Å². The zero-order chi connectivity index (χ0) is 20.8. The van der Waals surface area contributed by atoms with Crippen LogP contribution in [0.5, 0.6) is 0 Å². The SMILES string of the molecule is CC(C)=C1C(=O)Nc2cc(-c3cnn(C)c3)c(NS(=O)(=O)C3CCCCC3)cc21. The molecular weight excluding hydrogens is 388 g/mol. The molecule has 7 nitrogen and oxygen atoms in total. The van der Waals surface area contributed by atoms with Crippen LogP contribution in [0.1, 0.15) is 51.5 Å². The minimum absolute atomic E-state index is 0.163. The van der Waals surface area contributed by atoms with Gasteiger partial charge in [0.05, 0.1) is 17.1 Å². The van der Waals surface area contributed by atoms with Gasteiger partial charge >= 0.3 is 0 Å². The Morgan fingerprint density at radius 3 is 2.52 bits per heavy atom. The van der Waals surface area contributed by atoms with Crippen molar-refractivity contribution in [2.45, 2.75) is 51.2 Å². The molecule has 1 fully saturated rings. The summed E-state index contributed by atoms with van der Waals surface area (Å²) >= 11 is 0. The summed E-state index contributed by atoms with van der Waals surface area (Å²) in [5.74, 6) is -0.163. The minimum atomic E-state index is -3.53. The van der Waals surface area contributed by atoms with Gasteiger partial charge in [-0.25, -0.2) is 8.42 Å². The highest BCUT2D eigenvalue weighted by molar-refractivity contribution is 7.93. The molecule has 0 bridgehead atoms. The molecule has 0 radical (unpaired) electrons. The summed E-state index contributed by atoms with van der Waals surface area (Å²) in [7, 11) is -1.72. The molecule has 1 aliphatic heterocycles. The molecule has 2 heterocycles. The number of nitrogens with one attached hydrogen (secondary N) is 2. The van der Waals surface area contributed by atoms with Gasteiger partial charge in [0.2, 0.25) is 10.0 Å². The fraction of sp³-hybridized carbons (Fsp3) is 0.429. The highest BCUT2D eigenvalue weighted by Crippen LogP contribution is 2.41. The fourth-order valence-electron chi connectivity index (χ4n) is 4.21. The van der Waals surface area contributed by atoms with E-state index >= 15 is 0 Å². The molecular formula is C21H26N4O3S. The summed E-state index contributed by atoms with van der Waals surface area (Å²) in [4.78, 5) is 12.4. The van der Waals surface area contributed by atoms with Crippen LogP contribution in [0.4, 0.5) is 11.4 Å². The number of amides is 1. The average Bonchev–Trinajstić information content (AvgIpc) is 3.23. The van der Waals surface area contributed by atoms with Crippen molar-refractivity contribution in [2.24, 2.45) is 7.05 Å². The summed E-state index contributed by atoms with van der Waals surface area (Å²) in [6.45, 7) is 3.76. The molecule has 29 heavy (non-hydrogen) atoms. The Balaban J connectivity index is 1.83. The molecule has 8 heteroatoms. The van der Waals surface area contributed by atoms with Crippen LogP contribution in [0.25, 0.3) is 16.7 Å². The number of aromatic nitrogens is 2. The van der Waals surface area contributed by atoms with Crippen LogP contribution in [0.15, 0.2) is 30.1 Å². The Labute approximate surface area is 171 Å². The normalized spacial score (nSPS) is 17.2. The summed E-state index contributed by atoms with van der Waals surface area (Å²) < 4.78 is 30.7. The maximum Gasteiger partial charge on any atom is 0.256 e. The molecule has 1 saturated carbocycles. The van der Waals surface area contributed by atoms with Crippen LogP contribution in [-0.4, -0.2) is 29.4 Å². The Bertz CT molecular complexity index is 1100. The van der Waals surface area contributed by atoms with Gasteiger partial charge in [-0.05, 0) is 38.8 Å². The lowest BCUT2D eigenvalue weighted by molar-refractivity contribution is -0.110. The number of carbonyl (C=O) groups is 1.